The number of ether oxygens (including phenoxy) is 1. The van der Waals surface area contributed by atoms with Crippen molar-refractivity contribution in [1.82, 2.24) is 15.1 Å². The molecule has 0 aromatic heterocycles. The van der Waals surface area contributed by atoms with Crippen LogP contribution in [0.3, 0.4) is 0 Å². The van der Waals surface area contributed by atoms with Gasteiger partial charge in [0, 0.05) is 23.6 Å². The summed E-state index contributed by atoms with van der Waals surface area (Å²) in [5, 5.41) is 3.57. The second-order valence-electron chi connectivity index (χ2n) is 10.6. The van der Waals surface area contributed by atoms with Crippen LogP contribution in [0.4, 0.5) is 0 Å². The Morgan fingerprint density at radius 2 is 1.59 bits per heavy atom. The summed E-state index contributed by atoms with van der Waals surface area (Å²) >= 11 is 3.47. The first kappa shape index (κ1) is 25.8. The smallest absolute Gasteiger partial charge is 0.244 e. The Hall–Kier alpha value is -3.49. The number of methoxy groups -OCH3 is 1. The van der Waals surface area contributed by atoms with Crippen LogP contribution in [0.2, 0.25) is 0 Å². The molecular formula is C31H30BrN3O4. The number of carbonyl (C=O) groups excluding carboxylic acids is 3. The Bertz CT molecular complexity index is 1400. The average molecular weight is 589 g/mol. The fraction of sp³-hybridized carbons (Fsp3) is 0.323. The lowest BCUT2D eigenvalue weighted by Gasteiger charge is -2.42. The lowest BCUT2D eigenvalue weighted by Crippen LogP contribution is -2.63. The fourth-order valence-corrected chi connectivity index (χ4v) is 6.77. The second kappa shape index (κ2) is 10.2. The zero-order chi connectivity index (χ0) is 27.1. The molecule has 1 N–H and O–H groups in total. The van der Waals surface area contributed by atoms with Crippen molar-refractivity contribution in [2.24, 2.45) is 11.8 Å². The number of nitrogens with one attached hydrogen (secondary N) is 1. The molecule has 3 aromatic rings. The van der Waals surface area contributed by atoms with Crippen molar-refractivity contribution in [2.75, 3.05) is 13.7 Å². The van der Waals surface area contributed by atoms with Gasteiger partial charge in [0.1, 0.15) is 11.3 Å². The van der Waals surface area contributed by atoms with Crippen LogP contribution in [0.1, 0.15) is 35.6 Å². The van der Waals surface area contributed by atoms with E-state index in [0.717, 1.165) is 27.6 Å². The molecule has 3 heterocycles. The average Bonchev–Trinajstić information content (AvgIpc) is 3.42. The number of hydrogen-bond donors (Lipinski definition) is 1. The van der Waals surface area contributed by atoms with Gasteiger partial charge in [-0.1, -0.05) is 70.5 Å². The minimum Gasteiger partial charge on any atom is -0.497 e. The summed E-state index contributed by atoms with van der Waals surface area (Å²) < 4.78 is 6.31. The molecule has 8 heteroatoms. The van der Waals surface area contributed by atoms with Crippen molar-refractivity contribution in [3.05, 3.63) is 100 Å². The number of benzene rings is 3. The van der Waals surface area contributed by atoms with Crippen molar-refractivity contribution in [2.45, 2.75) is 37.5 Å². The van der Waals surface area contributed by atoms with E-state index >= 15 is 0 Å². The molecule has 0 bridgehead atoms. The zero-order valence-corrected chi connectivity index (χ0v) is 23.3. The second-order valence-corrected chi connectivity index (χ2v) is 11.5. The third-order valence-electron chi connectivity index (χ3n) is 8.36. The van der Waals surface area contributed by atoms with Crippen molar-refractivity contribution in [1.29, 1.82) is 0 Å². The van der Waals surface area contributed by atoms with Gasteiger partial charge >= 0.3 is 0 Å². The van der Waals surface area contributed by atoms with E-state index in [4.69, 9.17) is 4.74 Å². The summed E-state index contributed by atoms with van der Waals surface area (Å²) in [6.07, 6.45) is 1.25. The normalized spacial score (nSPS) is 26.4. The number of nitrogens with zero attached hydrogens (tertiary/aromatic N) is 2. The number of fused-ring (bicyclic) bond motifs is 2. The minimum atomic E-state index is -1.14. The van der Waals surface area contributed by atoms with Gasteiger partial charge < -0.3 is 9.64 Å². The molecule has 0 unspecified atom stereocenters. The van der Waals surface area contributed by atoms with Gasteiger partial charge in [-0.05, 0) is 53.8 Å². The lowest BCUT2D eigenvalue weighted by atomic mass is 9.74. The van der Waals surface area contributed by atoms with E-state index < -0.39 is 23.4 Å². The van der Waals surface area contributed by atoms with Gasteiger partial charge in [-0.25, -0.2) is 0 Å². The van der Waals surface area contributed by atoms with Gasteiger partial charge in [-0.15, -0.1) is 0 Å². The van der Waals surface area contributed by atoms with Gasteiger partial charge in [-0.2, -0.15) is 0 Å². The molecule has 4 atom stereocenters. The highest BCUT2D eigenvalue weighted by atomic mass is 79.9. The third-order valence-corrected chi connectivity index (χ3v) is 8.89. The Morgan fingerprint density at radius 1 is 0.897 bits per heavy atom. The molecule has 200 valence electrons. The monoisotopic (exact) mass is 587 g/mol. The van der Waals surface area contributed by atoms with Crippen LogP contribution in [-0.4, -0.2) is 46.7 Å². The number of likely N-dealkylation sites (tertiary alicyclic amines) is 2. The Kier molecular flexibility index (Phi) is 6.77. The van der Waals surface area contributed by atoms with Crippen LogP contribution in [-0.2, 0) is 27.5 Å². The van der Waals surface area contributed by atoms with Crippen molar-refractivity contribution in [3.8, 4) is 5.75 Å². The number of amides is 3. The molecule has 3 fully saturated rings. The number of halogens is 1. The molecule has 3 amide bonds. The maximum atomic E-state index is 14.3. The van der Waals surface area contributed by atoms with Gasteiger partial charge in [0.25, 0.3) is 0 Å². The first-order valence-electron chi connectivity index (χ1n) is 13.3. The molecule has 1 spiro atoms. The maximum Gasteiger partial charge on any atom is 0.244 e. The van der Waals surface area contributed by atoms with E-state index in [9.17, 15) is 14.4 Å². The van der Waals surface area contributed by atoms with Crippen LogP contribution in [0.15, 0.2) is 83.3 Å². The first-order valence-corrected chi connectivity index (χ1v) is 14.1. The predicted octanol–water partition coefficient (Wildman–Crippen LogP) is 4.46. The van der Waals surface area contributed by atoms with Crippen LogP contribution in [0.25, 0.3) is 0 Å². The van der Waals surface area contributed by atoms with Crippen molar-refractivity contribution < 1.29 is 19.1 Å². The summed E-state index contributed by atoms with van der Waals surface area (Å²) in [4.78, 5) is 45.5. The van der Waals surface area contributed by atoms with Gasteiger partial charge in [-0.3, -0.25) is 24.6 Å². The molecule has 0 radical (unpaired) electrons. The van der Waals surface area contributed by atoms with Crippen LogP contribution in [0.5, 0.6) is 5.75 Å². The highest BCUT2D eigenvalue weighted by Crippen LogP contribution is 2.52. The predicted molar refractivity (Wildman–Crippen MR) is 149 cm³/mol. The molecule has 3 saturated heterocycles. The number of piperidine rings is 1. The van der Waals surface area contributed by atoms with Gasteiger partial charge in [0.05, 0.1) is 25.5 Å². The van der Waals surface area contributed by atoms with Crippen molar-refractivity contribution in [3.63, 3.8) is 0 Å². The van der Waals surface area contributed by atoms with Gasteiger partial charge in [0.15, 0.2) is 0 Å². The van der Waals surface area contributed by atoms with Gasteiger partial charge in [0.2, 0.25) is 17.7 Å². The van der Waals surface area contributed by atoms with E-state index in [1.165, 1.54) is 4.90 Å². The standard InChI is InChI=1S/C31H30BrN3O4/c1-39-24-14-10-22(11-15-24)27-25-26(29(37)35(28(25)36)19-20-6-3-2-4-7-20)31(33-27)16-5-17-34(30(31)38)18-21-8-12-23(32)13-9-21/h2-4,6-15,25-27,33H,5,16-19H2,1H3/t25-,26-,27-,31-/m1/s1. The Labute approximate surface area is 236 Å². The van der Waals surface area contributed by atoms with E-state index in [2.05, 4.69) is 21.2 Å². The van der Waals surface area contributed by atoms with Crippen LogP contribution in [0, 0.1) is 11.8 Å². The van der Waals surface area contributed by atoms with E-state index in [1.807, 2.05) is 83.8 Å². The van der Waals surface area contributed by atoms with E-state index in [1.54, 1.807) is 7.11 Å². The largest absolute Gasteiger partial charge is 0.497 e. The molecular weight excluding hydrogens is 558 g/mol. The number of rotatable bonds is 6. The topological polar surface area (TPSA) is 79.0 Å². The lowest BCUT2D eigenvalue weighted by molar-refractivity contribution is -0.150. The fourth-order valence-electron chi connectivity index (χ4n) is 6.51. The zero-order valence-electron chi connectivity index (χ0n) is 21.7. The highest BCUT2D eigenvalue weighted by molar-refractivity contribution is 9.10. The SMILES string of the molecule is COc1ccc([C@H]2N[C@]3(CCCN(Cc4ccc(Br)cc4)C3=O)[C@H]3C(=O)N(Cc4ccccc4)C(=O)[C@@H]23)cc1. The van der Waals surface area contributed by atoms with E-state index in [-0.39, 0.29) is 24.3 Å². The molecule has 3 aliphatic heterocycles. The van der Waals surface area contributed by atoms with E-state index in [0.29, 0.717) is 25.3 Å². The minimum absolute atomic E-state index is 0.106. The summed E-state index contributed by atoms with van der Waals surface area (Å²) in [7, 11) is 1.61. The summed E-state index contributed by atoms with van der Waals surface area (Å²) in [6, 6.07) is 24.5. The Morgan fingerprint density at radius 3 is 2.28 bits per heavy atom. The molecule has 0 saturated carbocycles. The van der Waals surface area contributed by atoms with Crippen LogP contribution < -0.4 is 10.1 Å². The third kappa shape index (κ3) is 4.45. The summed E-state index contributed by atoms with van der Waals surface area (Å²) in [6.45, 7) is 1.27. The molecule has 3 aromatic carbocycles. The molecule has 3 aliphatic rings. The summed E-state index contributed by atoms with van der Waals surface area (Å²) in [5.41, 5.74) is 1.63. The number of carbonyl (C=O) groups is 3. The Balaban J connectivity index is 1.37. The molecule has 0 aliphatic carbocycles. The quantitative estimate of drug-likeness (QED) is 0.431. The molecule has 6 rings (SSSR count). The maximum absolute atomic E-state index is 14.3. The highest BCUT2D eigenvalue weighted by Gasteiger charge is 2.68. The number of hydrogen-bond acceptors (Lipinski definition) is 5. The van der Waals surface area contributed by atoms with Crippen LogP contribution >= 0.6 is 15.9 Å². The molecule has 7 nitrogen and oxygen atoms in total. The number of imide groups is 1. The van der Waals surface area contributed by atoms with Crippen molar-refractivity contribution >= 4 is 33.7 Å². The molecule has 39 heavy (non-hydrogen) atoms. The first-order chi connectivity index (χ1) is 18.9. The summed E-state index contributed by atoms with van der Waals surface area (Å²) in [5.74, 6) is -1.32.